The molecule has 1 saturated heterocycles. The summed E-state index contributed by atoms with van der Waals surface area (Å²) in [6.07, 6.45) is -5.38. The van der Waals surface area contributed by atoms with Crippen molar-refractivity contribution in [3.63, 3.8) is 0 Å². The average molecular weight is 358 g/mol. The van der Waals surface area contributed by atoms with Gasteiger partial charge < -0.3 is 19.5 Å². The third kappa shape index (κ3) is 4.43. The Labute approximate surface area is 143 Å². The molecule has 0 unspecified atom stereocenters. The van der Waals surface area contributed by atoms with Crippen molar-refractivity contribution in [3.05, 3.63) is 35.4 Å². The van der Waals surface area contributed by atoms with Crippen molar-refractivity contribution in [1.29, 1.82) is 0 Å². The molecule has 0 radical (unpaired) electrons. The molecule has 0 saturated carbocycles. The number of amides is 1. The van der Waals surface area contributed by atoms with E-state index in [1.807, 2.05) is 0 Å². The maximum absolute atomic E-state index is 13.2. The lowest BCUT2D eigenvalue weighted by molar-refractivity contribution is -0.311. The van der Waals surface area contributed by atoms with Gasteiger partial charge >= 0.3 is 12.3 Å². The van der Waals surface area contributed by atoms with E-state index >= 15 is 0 Å². The molecule has 0 N–H and O–H groups in total. The standard InChI is InChI=1S/C17H20F3NO4/c1-16(2,3)25-15(24)21-8-11(12(9-21)14(22)23)10-6-4-5-7-13(10)17(18,19)20/h4-7,11-12H,8-9H2,1-3H3,(H,22,23)/p-1/t11-,12+/m1/s1. The lowest BCUT2D eigenvalue weighted by atomic mass is 9.86. The number of rotatable bonds is 2. The van der Waals surface area contributed by atoms with Crippen LogP contribution in [0.4, 0.5) is 18.0 Å². The first-order valence-electron chi connectivity index (χ1n) is 7.75. The van der Waals surface area contributed by atoms with Crippen LogP contribution in [-0.2, 0) is 15.7 Å². The fraction of sp³-hybridized carbons (Fsp3) is 0.529. The van der Waals surface area contributed by atoms with Gasteiger partial charge in [0.05, 0.1) is 5.56 Å². The monoisotopic (exact) mass is 358 g/mol. The first-order valence-corrected chi connectivity index (χ1v) is 7.75. The van der Waals surface area contributed by atoms with Crippen molar-refractivity contribution in [3.8, 4) is 0 Å². The van der Waals surface area contributed by atoms with Crippen molar-refractivity contribution in [2.24, 2.45) is 5.92 Å². The highest BCUT2D eigenvalue weighted by atomic mass is 19.4. The third-order valence-electron chi connectivity index (χ3n) is 3.94. The van der Waals surface area contributed by atoms with E-state index in [1.54, 1.807) is 20.8 Å². The molecule has 8 heteroatoms. The van der Waals surface area contributed by atoms with E-state index in [4.69, 9.17) is 4.74 Å². The number of carboxylic acid groups (broad SMARTS) is 1. The summed E-state index contributed by atoms with van der Waals surface area (Å²) in [5.74, 6) is -3.75. The van der Waals surface area contributed by atoms with Crippen LogP contribution in [0.1, 0.15) is 37.8 Å². The number of carbonyl (C=O) groups excluding carboxylic acids is 2. The largest absolute Gasteiger partial charge is 0.550 e. The zero-order chi connectivity index (χ0) is 19.0. The van der Waals surface area contributed by atoms with Crippen LogP contribution < -0.4 is 5.11 Å². The SMILES string of the molecule is CC(C)(C)OC(=O)N1C[C@H](C(=O)[O-])[C@@H](c2ccccc2C(F)(F)F)C1. The Hall–Kier alpha value is -2.25. The molecule has 0 aliphatic carbocycles. The predicted octanol–water partition coefficient (Wildman–Crippen LogP) is 2.41. The molecule has 0 bridgehead atoms. The molecule has 1 aromatic rings. The van der Waals surface area contributed by atoms with Crippen molar-refractivity contribution in [2.45, 2.75) is 38.5 Å². The maximum atomic E-state index is 13.2. The van der Waals surface area contributed by atoms with E-state index in [2.05, 4.69) is 0 Å². The van der Waals surface area contributed by atoms with Gasteiger partial charge in [0.1, 0.15) is 5.60 Å². The Morgan fingerprint density at radius 3 is 2.28 bits per heavy atom. The Bertz CT molecular complexity index is 667. The van der Waals surface area contributed by atoms with E-state index < -0.39 is 41.2 Å². The quantitative estimate of drug-likeness (QED) is 0.814. The lowest BCUT2D eigenvalue weighted by Gasteiger charge is -2.24. The minimum Gasteiger partial charge on any atom is -0.550 e. The topological polar surface area (TPSA) is 69.7 Å². The molecule has 138 valence electrons. The zero-order valence-corrected chi connectivity index (χ0v) is 14.1. The van der Waals surface area contributed by atoms with Gasteiger partial charge in [0.25, 0.3) is 0 Å². The second-order valence-electron chi connectivity index (χ2n) is 7.00. The van der Waals surface area contributed by atoms with E-state index in [0.29, 0.717) is 0 Å². The van der Waals surface area contributed by atoms with Crippen LogP contribution in [0.2, 0.25) is 0 Å². The number of ether oxygens (including phenoxy) is 1. The van der Waals surface area contributed by atoms with Gasteiger partial charge in [-0.3, -0.25) is 0 Å². The maximum Gasteiger partial charge on any atom is 0.416 e. The van der Waals surface area contributed by atoms with Crippen molar-refractivity contribution < 1.29 is 32.6 Å². The number of nitrogens with zero attached hydrogens (tertiary/aromatic N) is 1. The fourth-order valence-electron chi connectivity index (χ4n) is 2.91. The molecule has 1 fully saturated rings. The van der Waals surface area contributed by atoms with Crippen LogP contribution in [0.3, 0.4) is 0 Å². The van der Waals surface area contributed by atoms with E-state index in [1.165, 1.54) is 18.2 Å². The van der Waals surface area contributed by atoms with Crippen LogP contribution in [0.5, 0.6) is 0 Å². The van der Waals surface area contributed by atoms with Gasteiger partial charge in [0.2, 0.25) is 0 Å². The number of carboxylic acids is 1. The number of benzene rings is 1. The number of alkyl halides is 3. The van der Waals surface area contributed by atoms with Crippen molar-refractivity contribution >= 4 is 12.1 Å². The highest BCUT2D eigenvalue weighted by molar-refractivity contribution is 5.74. The second-order valence-corrected chi connectivity index (χ2v) is 7.00. The van der Waals surface area contributed by atoms with Gasteiger partial charge in [0, 0.05) is 30.9 Å². The van der Waals surface area contributed by atoms with Crippen LogP contribution in [0, 0.1) is 5.92 Å². The Kier molecular flexibility index (Phi) is 5.02. The number of aliphatic carboxylic acids is 1. The first kappa shape index (κ1) is 19.1. The predicted molar refractivity (Wildman–Crippen MR) is 80.5 cm³/mol. The van der Waals surface area contributed by atoms with Crippen LogP contribution in [0.25, 0.3) is 0 Å². The number of hydrogen-bond acceptors (Lipinski definition) is 4. The summed E-state index contributed by atoms with van der Waals surface area (Å²) in [5, 5.41) is 11.4. The molecule has 2 atom stereocenters. The molecule has 1 heterocycles. The molecule has 1 aliphatic rings. The molecule has 1 aromatic carbocycles. The third-order valence-corrected chi connectivity index (χ3v) is 3.94. The Morgan fingerprint density at radius 1 is 1.16 bits per heavy atom. The number of hydrogen-bond donors (Lipinski definition) is 0. The Morgan fingerprint density at radius 2 is 1.76 bits per heavy atom. The molecular weight excluding hydrogens is 339 g/mol. The lowest BCUT2D eigenvalue weighted by Crippen LogP contribution is -2.38. The van der Waals surface area contributed by atoms with Crippen LogP contribution >= 0.6 is 0 Å². The normalized spacial score (nSPS) is 21.3. The average Bonchev–Trinajstić information content (AvgIpc) is 2.90. The smallest absolute Gasteiger partial charge is 0.416 e. The highest BCUT2D eigenvalue weighted by Gasteiger charge is 2.43. The molecule has 0 spiro atoms. The second kappa shape index (κ2) is 6.57. The summed E-state index contributed by atoms with van der Waals surface area (Å²) in [6, 6.07) is 4.79. The van der Waals surface area contributed by atoms with Crippen molar-refractivity contribution in [1.82, 2.24) is 4.90 Å². The van der Waals surface area contributed by atoms with Gasteiger partial charge in [-0.05, 0) is 32.4 Å². The molecule has 2 rings (SSSR count). The van der Waals surface area contributed by atoms with E-state index in [-0.39, 0.29) is 18.7 Å². The zero-order valence-electron chi connectivity index (χ0n) is 14.1. The fourth-order valence-corrected chi connectivity index (χ4v) is 2.91. The minimum atomic E-state index is -4.62. The molecule has 1 aliphatic heterocycles. The summed E-state index contributed by atoms with van der Waals surface area (Å²) in [5.41, 5.74) is -1.86. The molecule has 5 nitrogen and oxygen atoms in total. The first-order chi connectivity index (χ1) is 11.4. The number of carbonyl (C=O) groups is 2. The van der Waals surface area contributed by atoms with E-state index in [9.17, 15) is 27.9 Å². The molecular formula is C17H19F3NO4-. The van der Waals surface area contributed by atoms with Gasteiger partial charge in [-0.1, -0.05) is 18.2 Å². The van der Waals surface area contributed by atoms with E-state index in [0.717, 1.165) is 11.0 Å². The van der Waals surface area contributed by atoms with Crippen LogP contribution in [0.15, 0.2) is 24.3 Å². The van der Waals surface area contributed by atoms with Gasteiger partial charge in [-0.25, -0.2) is 4.79 Å². The summed E-state index contributed by atoms with van der Waals surface area (Å²) >= 11 is 0. The van der Waals surface area contributed by atoms with Crippen LogP contribution in [-0.4, -0.2) is 35.7 Å². The molecule has 0 aromatic heterocycles. The Balaban J connectivity index is 2.34. The molecule has 25 heavy (non-hydrogen) atoms. The number of likely N-dealkylation sites (tertiary alicyclic amines) is 1. The summed E-state index contributed by atoms with van der Waals surface area (Å²) in [6.45, 7) is 4.50. The highest BCUT2D eigenvalue weighted by Crippen LogP contribution is 2.40. The minimum absolute atomic E-state index is 0.157. The summed E-state index contributed by atoms with van der Waals surface area (Å²) < 4.78 is 44.9. The van der Waals surface area contributed by atoms with Gasteiger partial charge in [-0.2, -0.15) is 13.2 Å². The summed E-state index contributed by atoms with van der Waals surface area (Å²) in [4.78, 5) is 24.7. The van der Waals surface area contributed by atoms with Gasteiger partial charge in [-0.15, -0.1) is 0 Å². The summed E-state index contributed by atoms with van der Waals surface area (Å²) in [7, 11) is 0. The number of halogens is 3. The molecule has 1 amide bonds. The van der Waals surface area contributed by atoms with Crippen molar-refractivity contribution in [2.75, 3.05) is 13.1 Å². The van der Waals surface area contributed by atoms with Gasteiger partial charge in [0.15, 0.2) is 0 Å².